The topological polar surface area (TPSA) is 29.1 Å². The Kier molecular flexibility index (Phi) is 8.68. The summed E-state index contributed by atoms with van der Waals surface area (Å²) in [4.78, 5) is 10.7. The van der Waals surface area contributed by atoms with Crippen LogP contribution in [0.25, 0.3) is 0 Å². The monoisotopic (exact) mass is 191 g/mol. The zero-order valence-corrected chi connectivity index (χ0v) is 8.49. The molecule has 0 atom stereocenters. The van der Waals surface area contributed by atoms with Crippen LogP contribution < -0.4 is 5.32 Å². The van der Waals surface area contributed by atoms with Gasteiger partial charge in [-0.2, -0.15) is 0 Å². The molecule has 0 aromatic rings. The molecule has 0 fully saturated rings. The maximum Gasteiger partial charge on any atom is 0.234 e. The van der Waals surface area contributed by atoms with Crippen LogP contribution in [0.1, 0.15) is 39.0 Å². The second kappa shape index (κ2) is 8.85. The average molecular weight is 192 g/mol. The SMILES string of the molecule is CCCCCCCNC(=O)CCl. The van der Waals surface area contributed by atoms with Gasteiger partial charge in [0.25, 0.3) is 0 Å². The van der Waals surface area contributed by atoms with E-state index in [0.29, 0.717) is 0 Å². The van der Waals surface area contributed by atoms with E-state index in [1.165, 1.54) is 25.7 Å². The van der Waals surface area contributed by atoms with Crippen molar-refractivity contribution in [1.82, 2.24) is 5.32 Å². The molecule has 0 bridgehead atoms. The Morgan fingerprint density at radius 3 is 2.50 bits per heavy atom. The summed E-state index contributed by atoms with van der Waals surface area (Å²) < 4.78 is 0. The van der Waals surface area contributed by atoms with Crippen LogP contribution in [0.4, 0.5) is 0 Å². The second-order valence-corrected chi connectivity index (χ2v) is 3.17. The number of unbranched alkanes of at least 4 members (excludes halogenated alkanes) is 4. The van der Waals surface area contributed by atoms with Crippen molar-refractivity contribution in [3.63, 3.8) is 0 Å². The molecule has 0 heterocycles. The van der Waals surface area contributed by atoms with Gasteiger partial charge >= 0.3 is 0 Å². The molecule has 0 radical (unpaired) electrons. The molecule has 12 heavy (non-hydrogen) atoms. The smallest absolute Gasteiger partial charge is 0.234 e. The minimum Gasteiger partial charge on any atom is -0.355 e. The molecule has 2 nitrogen and oxygen atoms in total. The van der Waals surface area contributed by atoms with Crippen molar-refractivity contribution < 1.29 is 4.79 Å². The molecule has 0 aliphatic carbocycles. The summed E-state index contributed by atoms with van der Waals surface area (Å²) in [7, 11) is 0. The molecule has 0 saturated heterocycles. The summed E-state index contributed by atoms with van der Waals surface area (Å²) in [6, 6.07) is 0. The van der Waals surface area contributed by atoms with E-state index in [0.717, 1.165) is 13.0 Å². The van der Waals surface area contributed by atoms with E-state index >= 15 is 0 Å². The Bertz CT molecular complexity index is 117. The van der Waals surface area contributed by atoms with Gasteiger partial charge in [0.05, 0.1) is 0 Å². The normalized spacial score (nSPS) is 9.83. The van der Waals surface area contributed by atoms with Gasteiger partial charge in [0, 0.05) is 6.54 Å². The number of carbonyl (C=O) groups excluding carboxylic acids is 1. The van der Waals surface area contributed by atoms with Gasteiger partial charge in [-0.15, -0.1) is 11.6 Å². The molecular formula is C9H18ClNO. The van der Waals surface area contributed by atoms with Crippen molar-refractivity contribution in [2.45, 2.75) is 39.0 Å². The van der Waals surface area contributed by atoms with E-state index < -0.39 is 0 Å². The molecule has 72 valence electrons. The van der Waals surface area contributed by atoms with Gasteiger partial charge in [0.2, 0.25) is 5.91 Å². The Morgan fingerprint density at radius 1 is 1.25 bits per heavy atom. The predicted molar refractivity (Wildman–Crippen MR) is 52.5 cm³/mol. The fourth-order valence-electron chi connectivity index (χ4n) is 1.00. The van der Waals surface area contributed by atoms with Crippen molar-refractivity contribution in [1.29, 1.82) is 0 Å². The van der Waals surface area contributed by atoms with Crippen LogP contribution >= 0.6 is 11.6 Å². The summed E-state index contributed by atoms with van der Waals surface area (Å²) in [6.07, 6.45) is 6.10. The van der Waals surface area contributed by atoms with Gasteiger partial charge in [-0.25, -0.2) is 0 Å². The van der Waals surface area contributed by atoms with Crippen LogP contribution in [0.5, 0.6) is 0 Å². The van der Waals surface area contributed by atoms with Crippen molar-refractivity contribution >= 4 is 17.5 Å². The first-order chi connectivity index (χ1) is 5.81. The molecule has 1 N–H and O–H groups in total. The largest absolute Gasteiger partial charge is 0.355 e. The van der Waals surface area contributed by atoms with Crippen LogP contribution in [-0.4, -0.2) is 18.3 Å². The number of hydrogen-bond donors (Lipinski definition) is 1. The lowest BCUT2D eigenvalue weighted by molar-refractivity contribution is -0.118. The Morgan fingerprint density at radius 2 is 1.92 bits per heavy atom. The summed E-state index contributed by atoms with van der Waals surface area (Å²) in [5.74, 6) is 0.0155. The third-order valence-corrected chi connectivity index (χ3v) is 1.97. The van der Waals surface area contributed by atoms with Crippen LogP contribution in [0, 0.1) is 0 Å². The first-order valence-electron chi connectivity index (χ1n) is 4.64. The highest BCUT2D eigenvalue weighted by Gasteiger charge is 1.95. The first-order valence-corrected chi connectivity index (χ1v) is 5.17. The molecule has 0 aliphatic rings. The minimum absolute atomic E-state index is 0.0628. The molecule has 1 amide bonds. The van der Waals surface area contributed by atoms with Crippen LogP contribution in [0.3, 0.4) is 0 Å². The zero-order chi connectivity index (χ0) is 9.23. The highest BCUT2D eigenvalue weighted by atomic mass is 35.5. The zero-order valence-electron chi connectivity index (χ0n) is 7.74. The maximum absolute atomic E-state index is 10.7. The number of amides is 1. The van der Waals surface area contributed by atoms with E-state index in [2.05, 4.69) is 12.2 Å². The van der Waals surface area contributed by atoms with Crippen molar-refractivity contribution in [3.05, 3.63) is 0 Å². The first kappa shape index (κ1) is 11.8. The van der Waals surface area contributed by atoms with Gasteiger partial charge in [-0.05, 0) is 6.42 Å². The average Bonchev–Trinajstić information content (AvgIpc) is 2.10. The van der Waals surface area contributed by atoms with Gasteiger partial charge in [-0.3, -0.25) is 4.79 Å². The van der Waals surface area contributed by atoms with Crippen molar-refractivity contribution in [2.75, 3.05) is 12.4 Å². The Hall–Kier alpha value is -0.240. The van der Waals surface area contributed by atoms with E-state index in [1.807, 2.05) is 0 Å². The molecule has 0 spiro atoms. The standard InChI is InChI=1S/C9H18ClNO/c1-2-3-4-5-6-7-11-9(12)8-10/h2-8H2,1H3,(H,11,12). The molecule has 0 unspecified atom stereocenters. The number of rotatable bonds is 7. The van der Waals surface area contributed by atoms with E-state index in [-0.39, 0.29) is 11.8 Å². The lowest BCUT2D eigenvalue weighted by atomic mass is 10.1. The summed E-state index contributed by atoms with van der Waals surface area (Å²) in [5, 5.41) is 2.74. The van der Waals surface area contributed by atoms with E-state index in [1.54, 1.807) is 0 Å². The van der Waals surface area contributed by atoms with Crippen LogP contribution in [-0.2, 0) is 4.79 Å². The Balaban J connectivity index is 2.95. The number of hydrogen-bond acceptors (Lipinski definition) is 1. The van der Waals surface area contributed by atoms with Gasteiger partial charge in [-0.1, -0.05) is 32.6 Å². The highest BCUT2D eigenvalue weighted by Crippen LogP contribution is 2.00. The fourth-order valence-corrected chi connectivity index (χ4v) is 1.10. The third-order valence-electron chi connectivity index (χ3n) is 1.72. The summed E-state index contributed by atoms with van der Waals surface area (Å²) >= 11 is 5.30. The molecule has 0 aliphatic heterocycles. The quantitative estimate of drug-likeness (QED) is 0.486. The lowest BCUT2D eigenvalue weighted by Gasteiger charge is -2.01. The molecular weight excluding hydrogens is 174 g/mol. The van der Waals surface area contributed by atoms with Crippen molar-refractivity contribution in [3.8, 4) is 0 Å². The number of nitrogens with one attached hydrogen (secondary N) is 1. The molecule has 0 aromatic heterocycles. The number of halogens is 1. The van der Waals surface area contributed by atoms with Crippen LogP contribution in [0.2, 0.25) is 0 Å². The van der Waals surface area contributed by atoms with Gasteiger partial charge in [0.15, 0.2) is 0 Å². The minimum atomic E-state index is -0.0628. The van der Waals surface area contributed by atoms with E-state index in [9.17, 15) is 4.79 Å². The molecule has 3 heteroatoms. The van der Waals surface area contributed by atoms with Gasteiger partial charge < -0.3 is 5.32 Å². The lowest BCUT2D eigenvalue weighted by Crippen LogP contribution is -2.25. The van der Waals surface area contributed by atoms with Crippen molar-refractivity contribution in [2.24, 2.45) is 0 Å². The summed E-state index contributed by atoms with van der Waals surface area (Å²) in [5.41, 5.74) is 0. The third kappa shape index (κ3) is 7.86. The fraction of sp³-hybridized carbons (Fsp3) is 0.889. The van der Waals surface area contributed by atoms with E-state index in [4.69, 9.17) is 11.6 Å². The summed E-state index contributed by atoms with van der Waals surface area (Å²) in [6.45, 7) is 2.96. The molecule has 0 rings (SSSR count). The molecule has 0 saturated carbocycles. The maximum atomic E-state index is 10.7. The number of carbonyl (C=O) groups is 1. The highest BCUT2D eigenvalue weighted by molar-refractivity contribution is 6.27. The molecule has 0 aromatic carbocycles. The number of alkyl halides is 1. The van der Waals surface area contributed by atoms with Gasteiger partial charge in [0.1, 0.15) is 5.88 Å². The predicted octanol–water partition coefficient (Wildman–Crippen LogP) is 2.31. The second-order valence-electron chi connectivity index (χ2n) is 2.90. The van der Waals surface area contributed by atoms with Crippen LogP contribution in [0.15, 0.2) is 0 Å². The Labute approximate surface area is 79.7 Å².